The van der Waals surface area contributed by atoms with Crippen molar-refractivity contribution in [3.8, 4) is 28.4 Å². The first-order valence-electron chi connectivity index (χ1n) is 11.6. The molecule has 6 heteroatoms. The summed E-state index contributed by atoms with van der Waals surface area (Å²) in [5.74, 6) is 1.91. The average molecular weight is 453 g/mol. The van der Waals surface area contributed by atoms with Crippen LogP contribution in [0, 0.1) is 11.3 Å². The Bertz CT molecular complexity index is 1050. The van der Waals surface area contributed by atoms with Gasteiger partial charge in [0, 0.05) is 17.5 Å². The molecule has 0 aromatic heterocycles. The summed E-state index contributed by atoms with van der Waals surface area (Å²) in [6.07, 6.45) is 4.75. The average Bonchev–Trinajstić information content (AvgIpc) is 3.15. The Labute approximate surface area is 195 Å². The second-order valence-electron chi connectivity index (χ2n) is 9.54. The monoisotopic (exact) mass is 452 g/mol. The van der Waals surface area contributed by atoms with Gasteiger partial charge in [-0.1, -0.05) is 24.6 Å². The number of benzene rings is 2. The van der Waals surface area contributed by atoms with Gasteiger partial charge in [0.2, 0.25) is 5.75 Å². The summed E-state index contributed by atoms with van der Waals surface area (Å²) in [6, 6.07) is 9.58. The maximum atomic E-state index is 12.7. The number of carbonyl (C=O) groups is 2. The summed E-state index contributed by atoms with van der Waals surface area (Å²) < 4.78 is 22.9. The number of esters is 1. The molecular weight excluding hydrogens is 420 g/mol. The highest BCUT2D eigenvalue weighted by Crippen LogP contribution is 2.45. The number of rotatable bonds is 9. The van der Waals surface area contributed by atoms with Gasteiger partial charge in [0.25, 0.3) is 0 Å². The van der Waals surface area contributed by atoms with Crippen LogP contribution in [-0.2, 0) is 16.0 Å². The van der Waals surface area contributed by atoms with Crippen LogP contribution in [0.3, 0.4) is 0 Å². The van der Waals surface area contributed by atoms with Crippen molar-refractivity contribution in [2.24, 2.45) is 11.3 Å². The summed E-state index contributed by atoms with van der Waals surface area (Å²) in [7, 11) is 3.14. The van der Waals surface area contributed by atoms with Crippen molar-refractivity contribution in [2.75, 3.05) is 27.4 Å². The van der Waals surface area contributed by atoms with E-state index in [4.69, 9.17) is 18.9 Å². The third-order valence-corrected chi connectivity index (χ3v) is 6.64. The van der Waals surface area contributed by atoms with E-state index in [-0.39, 0.29) is 18.4 Å². The van der Waals surface area contributed by atoms with Crippen LogP contribution in [0.4, 0.5) is 0 Å². The largest absolute Gasteiger partial charge is 0.493 e. The van der Waals surface area contributed by atoms with E-state index in [0.29, 0.717) is 36.2 Å². The predicted molar refractivity (Wildman–Crippen MR) is 125 cm³/mol. The molecule has 0 spiro atoms. The number of fused-ring (bicyclic) bond motifs is 1. The molecule has 2 aromatic carbocycles. The molecule has 0 atom stereocenters. The number of hydrogen-bond acceptors (Lipinski definition) is 6. The van der Waals surface area contributed by atoms with E-state index >= 15 is 0 Å². The molecule has 6 nitrogen and oxygen atoms in total. The molecule has 0 heterocycles. The minimum atomic E-state index is -0.834. The molecule has 0 radical (unpaired) electrons. The third kappa shape index (κ3) is 4.70. The molecule has 1 saturated carbocycles. The summed E-state index contributed by atoms with van der Waals surface area (Å²) in [5, 5.41) is 0. The number of aryl methyl sites for hydroxylation is 1. The molecule has 2 aliphatic rings. The zero-order valence-corrected chi connectivity index (χ0v) is 19.9. The van der Waals surface area contributed by atoms with Crippen molar-refractivity contribution in [1.82, 2.24) is 0 Å². The van der Waals surface area contributed by atoms with Crippen molar-refractivity contribution >= 4 is 11.8 Å². The SMILES string of the molecule is COc1ccc(-c2ccc3c(c2)CCC3=O)c(OCC(C)(C)C(=O)OCC2CCC2)c1OC. The van der Waals surface area contributed by atoms with Gasteiger partial charge in [0.1, 0.15) is 6.61 Å². The van der Waals surface area contributed by atoms with Gasteiger partial charge in [-0.2, -0.15) is 0 Å². The van der Waals surface area contributed by atoms with Crippen LogP contribution in [-0.4, -0.2) is 39.2 Å². The highest BCUT2D eigenvalue weighted by molar-refractivity contribution is 6.01. The summed E-state index contributed by atoms with van der Waals surface area (Å²) >= 11 is 0. The number of methoxy groups -OCH3 is 2. The van der Waals surface area contributed by atoms with E-state index in [1.165, 1.54) is 6.42 Å². The first kappa shape index (κ1) is 23.1. The molecule has 0 bridgehead atoms. The van der Waals surface area contributed by atoms with E-state index in [1.807, 2.05) is 44.2 Å². The number of carbonyl (C=O) groups excluding carboxylic acids is 2. The van der Waals surface area contributed by atoms with Gasteiger partial charge in [-0.3, -0.25) is 9.59 Å². The molecule has 2 aromatic rings. The zero-order chi connectivity index (χ0) is 23.6. The van der Waals surface area contributed by atoms with Gasteiger partial charge in [0.05, 0.1) is 26.2 Å². The third-order valence-electron chi connectivity index (χ3n) is 6.64. The lowest BCUT2D eigenvalue weighted by Gasteiger charge is -2.28. The van der Waals surface area contributed by atoms with Crippen molar-refractivity contribution < 1.29 is 28.5 Å². The number of ether oxygens (including phenoxy) is 4. The lowest BCUT2D eigenvalue weighted by atomic mass is 9.86. The van der Waals surface area contributed by atoms with Crippen LogP contribution < -0.4 is 14.2 Å². The molecule has 0 aliphatic heterocycles. The quantitative estimate of drug-likeness (QED) is 0.484. The predicted octanol–water partition coefficient (Wildman–Crippen LogP) is 5.25. The standard InChI is InChI=1S/C27H32O6/c1-27(2,26(29)32-15-17-6-5-7-17)16-33-24-21(11-13-23(30-3)25(24)31-4)19-8-10-20-18(14-19)9-12-22(20)28/h8,10-11,13-14,17H,5-7,9,12,15-16H2,1-4H3. The highest BCUT2D eigenvalue weighted by Gasteiger charge is 2.33. The normalized spacial score (nSPS) is 15.6. The van der Waals surface area contributed by atoms with Crippen LogP contribution in [0.2, 0.25) is 0 Å². The van der Waals surface area contributed by atoms with Crippen LogP contribution in [0.15, 0.2) is 30.3 Å². The van der Waals surface area contributed by atoms with Crippen LogP contribution in [0.5, 0.6) is 17.2 Å². The van der Waals surface area contributed by atoms with E-state index in [0.717, 1.165) is 41.5 Å². The fourth-order valence-electron chi connectivity index (χ4n) is 4.25. The summed E-state index contributed by atoms with van der Waals surface area (Å²) in [4.78, 5) is 24.8. The van der Waals surface area contributed by atoms with Gasteiger partial charge >= 0.3 is 5.97 Å². The zero-order valence-electron chi connectivity index (χ0n) is 19.9. The van der Waals surface area contributed by atoms with Crippen molar-refractivity contribution in [3.05, 3.63) is 41.5 Å². The second kappa shape index (κ2) is 9.46. The van der Waals surface area contributed by atoms with Crippen molar-refractivity contribution in [2.45, 2.75) is 46.0 Å². The van der Waals surface area contributed by atoms with Gasteiger partial charge in [-0.25, -0.2) is 0 Å². The molecular formula is C27H32O6. The fourth-order valence-corrected chi connectivity index (χ4v) is 4.25. The summed E-state index contributed by atoms with van der Waals surface area (Å²) in [6.45, 7) is 4.24. The van der Waals surface area contributed by atoms with Crippen LogP contribution >= 0.6 is 0 Å². The Hall–Kier alpha value is -3.02. The molecule has 176 valence electrons. The minimum absolute atomic E-state index is 0.121. The number of Topliss-reactive ketones (excluding diaryl/α,β-unsaturated/α-hetero) is 1. The number of hydrogen-bond donors (Lipinski definition) is 0. The Morgan fingerprint density at radius 2 is 1.76 bits per heavy atom. The van der Waals surface area contributed by atoms with Crippen molar-refractivity contribution in [3.63, 3.8) is 0 Å². The smallest absolute Gasteiger partial charge is 0.314 e. The first-order chi connectivity index (χ1) is 15.8. The maximum Gasteiger partial charge on any atom is 0.314 e. The van der Waals surface area contributed by atoms with E-state index in [9.17, 15) is 9.59 Å². The fraction of sp³-hybridized carbons (Fsp3) is 0.481. The molecule has 0 N–H and O–H groups in total. The maximum absolute atomic E-state index is 12.7. The van der Waals surface area contributed by atoms with Crippen LogP contribution in [0.1, 0.15) is 55.5 Å². The molecule has 0 unspecified atom stereocenters. The van der Waals surface area contributed by atoms with Gasteiger partial charge in [0.15, 0.2) is 17.3 Å². The van der Waals surface area contributed by atoms with Crippen LogP contribution in [0.25, 0.3) is 11.1 Å². The Balaban J connectivity index is 1.60. The molecule has 33 heavy (non-hydrogen) atoms. The first-order valence-corrected chi connectivity index (χ1v) is 11.6. The Kier molecular flexibility index (Phi) is 6.63. The van der Waals surface area contributed by atoms with Gasteiger partial charge in [-0.05, 0) is 62.3 Å². The van der Waals surface area contributed by atoms with E-state index in [1.54, 1.807) is 14.2 Å². The van der Waals surface area contributed by atoms with Gasteiger partial charge in [-0.15, -0.1) is 0 Å². The molecule has 1 fully saturated rings. The topological polar surface area (TPSA) is 71.1 Å². The van der Waals surface area contributed by atoms with E-state index < -0.39 is 5.41 Å². The highest BCUT2D eigenvalue weighted by atomic mass is 16.5. The molecule has 0 amide bonds. The molecule has 4 rings (SSSR count). The molecule has 0 saturated heterocycles. The Morgan fingerprint density at radius 1 is 1.00 bits per heavy atom. The van der Waals surface area contributed by atoms with E-state index in [2.05, 4.69) is 0 Å². The second-order valence-corrected chi connectivity index (χ2v) is 9.54. The Morgan fingerprint density at radius 3 is 2.42 bits per heavy atom. The molecule has 2 aliphatic carbocycles. The minimum Gasteiger partial charge on any atom is -0.493 e. The summed E-state index contributed by atoms with van der Waals surface area (Å²) in [5.41, 5.74) is 2.73. The lowest BCUT2D eigenvalue weighted by Crippen LogP contribution is -2.34. The van der Waals surface area contributed by atoms with Gasteiger partial charge < -0.3 is 18.9 Å². The lowest BCUT2D eigenvalue weighted by molar-refractivity contribution is -0.157. The number of ketones is 1. The van der Waals surface area contributed by atoms with Crippen molar-refractivity contribution in [1.29, 1.82) is 0 Å².